The van der Waals surface area contributed by atoms with Crippen molar-refractivity contribution in [3.8, 4) is 11.5 Å². The first-order valence-electron chi connectivity index (χ1n) is 11.3. The summed E-state index contributed by atoms with van der Waals surface area (Å²) < 4.78 is 11.3. The van der Waals surface area contributed by atoms with Crippen molar-refractivity contribution in [1.82, 2.24) is 5.32 Å². The fourth-order valence-corrected chi connectivity index (χ4v) is 3.78. The Morgan fingerprint density at radius 3 is 2.50 bits per heavy atom. The van der Waals surface area contributed by atoms with Gasteiger partial charge in [0.25, 0.3) is 0 Å². The Morgan fingerprint density at radius 1 is 1.00 bits per heavy atom. The van der Waals surface area contributed by atoms with Gasteiger partial charge in [-0.3, -0.25) is 9.59 Å². The van der Waals surface area contributed by atoms with Crippen LogP contribution in [0.15, 0.2) is 78.9 Å². The minimum Gasteiger partial charge on any atom is -0.493 e. The second kappa shape index (κ2) is 11.2. The van der Waals surface area contributed by atoms with E-state index in [-0.39, 0.29) is 11.8 Å². The Bertz CT molecular complexity index is 1160. The predicted octanol–water partition coefficient (Wildman–Crippen LogP) is 4.73. The van der Waals surface area contributed by atoms with Gasteiger partial charge in [0.15, 0.2) is 11.5 Å². The molecule has 2 amide bonds. The van der Waals surface area contributed by atoms with Crippen molar-refractivity contribution in [2.24, 2.45) is 0 Å². The van der Waals surface area contributed by atoms with E-state index in [2.05, 4.69) is 5.32 Å². The lowest BCUT2D eigenvalue weighted by Crippen LogP contribution is -2.23. The molecule has 1 heterocycles. The molecule has 0 spiro atoms. The maximum absolute atomic E-state index is 12.3. The Hall–Kier alpha value is -4.06. The van der Waals surface area contributed by atoms with E-state index in [4.69, 9.17) is 9.47 Å². The third-order valence-electron chi connectivity index (χ3n) is 5.64. The maximum Gasteiger partial charge on any atom is 0.244 e. The summed E-state index contributed by atoms with van der Waals surface area (Å²) in [5.41, 5.74) is 3.78. The summed E-state index contributed by atoms with van der Waals surface area (Å²) >= 11 is 0. The van der Waals surface area contributed by atoms with Crippen molar-refractivity contribution in [2.75, 3.05) is 18.6 Å². The average molecular weight is 457 g/mol. The number of benzene rings is 3. The van der Waals surface area contributed by atoms with E-state index in [9.17, 15) is 9.59 Å². The molecule has 0 aromatic heterocycles. The zero-order valence-electron chi connectivity index (χ0n) is 19.2. The van der Waals surface area contributed by atoms with E-state index in [0.29, 0.717) is 31.1 Å². The van der Waals surface area contributed by atoms with Gasteiger partial charge in [-0.1, -0.05) is 48.5 Å². The first kappa shape index (κ1) is 23.1. The van der Waals surface area contributed by atoms with Crippen molar-refractivity contribution in [3.05, 3.63) is 95.6 Å². The van der Waals surface area contributed by atoms with Gasteiger partial charge in [-0.2, -0.15) is 0 Å². The van der Waals surface area contributed by atoms with Gasteiger partial charge in [0.2, 0.25) is 11.8 Å². The van der Waals surface area contributed by atoms with Crippen molar-refractivity contribution >= 4 is 23.6 Å². The van der Waals surface area contributed by atoms with E-state index < -0.39 is 0 Å². The third kappa shape index (κ3) is 6.04. The molecule has 1 aliphatic rings. The SMILES string of the molecule is COc1cc(CNC(=O)/C=C/c2ccc(N3CCCC3=O)cc2)ccc1OCc1ccccc1. The Morgan fingerprint density at radius 2 is 1.79 bits per heavy atom. The molecule has 0 saturated carbocycles. The summed E-state index contributed by atoms with van der Waals surface area (Å²) in [6.45, 7) is 1.59. The molecule has 1 aliphatic heterocycles. The number of carbonyl (C=O) groups excluding carboxylic acids is 2. The summed E-state index contributed by atoms with van der Waals surface area (Å²) in [5.74, 6) is 1.24. The Kier molecular flexibility index (Phi) is 7.60. The highest BCUT2D eigenvalue weighted by Gasteiger charge is 2.21. The van der Waals surface area contributed by atoms with Gasteiger partial charge < -0.3 is 19.7 Å². The first-order chi connectivity index (χ1) is 16.6. The van der Waals surface area contributed by atoms with E-state index in [1.807, 2.05) is 72.8 Å². The second-order valence-electron chi connectivity index (χ2n) is 8.05. The molecule has 6 nitrogen and oxygen atoms in total. The van der Waals surface area contributed by atoms with Gasteiger partial charge in [-0.15, -0.1) is 0 Å². The van der Waals surface area contributed by atoms with Crippen LogP contribution in [0.1, 0.15) is 29.5 Å². The molecule has 1 saturated heterocycles. The van der Waals surface area contributed by atoms with Gasteiger partial charge >= 0.3 is 0 Å². The van der Waals surface area contributed by atoms with Crippen molar-refractivity contribution in [1.29, 1.82) is 0 Å². The third-order valence-corrected chi connectivity index (χ3v) is 5.64. The lowest BCUT2D eigenvalue weighted by atomic mass is 10.1. The normalized spacial score (nSPS) is 13.3. The average Bonchev–Trinajstić information content (AvgIpc) is 3.31. The molecule has 174 valence electrons. The number of methoxy groups -OCH3 is 1. The van der Waals surface area contributed by atoms with Crippen LogP contribution in [0.5, 0.6) is 11.5 Å². The zero-order valence-corrected chi connectivity index (χ0v) is 19.2. The molecule has 0 aliphatic carbocycles. The minimum absolute atomic E-state index is 0.162. The smallest absolute Gasteiger partial charge is 0.244 e. The molecule has 0 bridgehead atoms. The van der Waals surface area contributed by atoms with Crippen LogP contribution >= 0.6 is 0 Å². The molecular weight excluding hydrogens is 428 g/mol. The van der Waals surface area contributed by atoms with Crippen LogP contribution in [0.25, 0.3) is 6.08 Å². The Balaban J connectivity index is 1.29. The molecule has 1 fully saturated rings. The highest BCUT2D eigenvalue weighted by molar-refractivity contribution is 5.95. The van der Waals surface area contributed by atoms with Gasteiger partial charge in [0.05, 0.1) is 7.11 Å². The summed E-state index contributed by atoms with van der Waals surface area (Å²) in [6.07, 6.45) is 4.77. The van der Waals surface area contributed by atoms with E-state index in [1.54, 1.807) is 18.1 Å². The molecule has 0 atom stereocenters. The zero-order chi connectivity index (χ0) is 23.8. The number of hydrogen-bond donors (Lipinski definition) is 1. The Labute approximate surface area is 199 Å². The molecule has 34 heavy (non-hydrogen) atoms. The first-order valence-corrected chi connectivity index (χ1v) is 11.3. The molecule has 3 aromatic carbocycles. The van der Waals surface area contributed by atoms with Gasteiger partial charge in [0, 0.05) is 31.3 Å². The van der Waals surface area contributed by atoms with Crippen molar-refractivity contribution in [2.45, 2.75) is 26.0 Å². The summed E-state index contributed by atoms with van der Waals surface area (Å²) in [7, 11) is 1.60. The number of carbonyl (C=O) groups is 2. The highest BCUT2D eigenvalue weighted by atomic mass is 16.5. The lowest BCUT2D eigenvalue weighted by Gasteiger charge is -2.15. The minimum atomic E-state index is -0.192. The fourth-order valence-electron chi connectivity index (χ4n) is 3.78. The maximum atomic E-state index is 12.3. The van der Waals surface area contributed by atoms with Crippen LogP contribution < -0.4 is 19.7 Å². The van der Waals surface area contributed by atoms with E-state index in [0.717, 1.165) is 35.3 Å². The molecule has 3 aromatic rings. The van der Waals surface area contributed by atoms with Gasteiger partial charge in [0.1, 0.15) is 6.61 Å². The number of nitrogens with zero attached hydrogens (tertiary/aromatic N) is 1. The van der Waals surface area contributed by atoms with E-state index in [1.165, 1.54) is 6.08 Å². The summed E-state index contributed by atoms with van der Waals surface area (Å²) in [5, 5.41) is 2.88. The summed E-state index contributed by atoms with van der Waals surface area (Å²) in [4.78, 5) is 25.9. The van der Waals surface area contributed by atoms with Crippen LogP contribution in [0.2, 0.25) is 0 Å². The van der Waals surface area contributed by atoms with Crippen LogP contribution in [0.3, 0.4) is 0 Å². The fraction of sp³-hybridized carbons (Fsp3) is 0.214. The van der Waals surface area contributed by atoms with Gasteiger partial charge in [-0.05, 0) is 53.5 Å². The van der Waals surface area contributed by atoms with Crippen LogP contribution in [-0.4, -0.2) is 25.5 Å². The molecular formula is C28H28N2O4. The molecule has 6 heteroatoms. The predicted molar refractivity (Wildman–Crippen MR) is 133 cm³/mol. The van der Waals surface area contributed by atoms with Crippen LogP contribution in [0, 0.1) is 0 Å². The number of amides is 2. The number of anilines is 1. The quantitative estimate of drug-likeness (QED) is 0.473. The van der Waals surface area contributed by atoms with Gasteiger partial charge in [-0.25, -0.2) is 0 Å². The van der Waals surface area contributed by atoms with Crippen LogP contribution in [-0.2, 0) is 22.7 Å². The van der Waals surface area contributed by atoms with Crippen LogP contribution in [0.4, 0.5) is 5.69 Å². The number of ether oxygens (including phenoxy) is 2. The molecule has 1 N–H and O–H groups in total. The topological polar surface area (TPSA) is 67.9 Å². The molecule has 0 unspecified atom stereocenters. The number of hydrogen-bond acceptors (Lipinski definition) is 4. The standard InChI is InChI=1S/C28H28N2O4/c1-33-26-18-23(11-15-25(26)34-20-22-6-3-2-4-7-22)19-29-27(31)16-12-21-9-13-24(14-10-21)30-17-5-8-28(30)32/h2-4,6-7,9-16,18H,5,8,17,19-20H2,1H3,(H,29,31)/b16-12+. The lowest BCUT2D eigenvalue weighted by molar-refractivity contribution is -0.117. The monoisotopic (exact) mass is 456 g/mol. The summed E-state index contributed by atoms with van der Waals surface area (Å²) in [6, 6.07) is 23.2. The number of rotatable bonds is 9. The second-order valence-corrected chi connectivity index (χ2v) is 8.05. The largest absolute Gasteiger partial charge is 0.493 e. The highest BCUT2D eigenvalue weighted by Crippen LogP contribution is 2.29. The molecule has 4 rings (SSSR count). The number of nitrogens with one attached hydrogen (secondary N) is 1. The molecule has 0 radical (unpaired) electrons. The van der Waals surface area contributed by atoms with E-state index >= 15 is 0 Å². The van der Waals surface area contributed by atoms with Crippen molar-refractivity contribution < 1.29 is 19.1 Å². The van der Waals surface area contributed by atoms with Crippen molar-refractivity contribution in [3.63, 3.8) is 0 Å².